The van der Waals surface area contributed by atoms with Gasteiger partial charge in [0, 0.05) is 30.7 Å². The first-order chi connectivity index (χ1) is 11.6. The van der Waals surface area contributed by atoms with E-state index in [4.69, 9.17) is 11.6 Å². The molecule has 1 saturated heterocycles. The predicted octanol–water partition coefficient (Wildman–Crippen LogP) is 2.72. The summed E-state index contributed by atoms with van der Waals surface area (Å²) in [5, 5.41) is 3.45. The molecule has 0 atom stereocenters. The van der Waals surface area contributed by atoms with Gasteiger partial charge in [0.05, 0.1) is 18.3 Å². The molecule has 1 N–H and O–H groups in total. The third-order valence-corrected chi connectivity index (χ3v) is 4.33. The quantitative estimate of drug-likeness (QED) is 0.908. The van der Waals surface area contributed by atoms with Crippen molar-refractivity contribution in [2.24, 2.45) is 0 Å². The van der Waals surface area contributed by atoms with Crippen LogP contribution in [-0.2, 0) is 22.6 Å². The molecular weight excluding hydrogens is 326 g/mol. The van der Waals surface area contributed by atoms with Crippen LogP contribution in [0.1, 0.15) is 24.0 Å². The SMILES string of the molecule is O=C(Cc1ccccc1Cl)NCc1cncc(N2CCCC2=O)c1. The number of carbonyl (C=O) groups is 2. The van der Waals surface area contributed by atoms with Gasteiger partial charge in [-0.1, -0.05) is 29.8 Å². The normalized spacial score (nSPS) is 14.0. The molecule has 2 amide bonds. The summed E-state index contributed by atoms with van der Waals surface area (Å²) < 4.78 is 0. The van der Waals surface area contributed by atoms with Crippen LogP contribution in [-0.4, -0.2) is 23.3 Å². The Bertz CT molecular complexity index is 763. The van der Waals surface area contributed by atoms with Crippen molar-refractivity contribution >= 4 is 29.1 Å². The maximum atomic E-state index is 12.1. The summed E-state index contributed by atoms with van der Waals surface area (Å²) in [5.74, 6) is 0.0162. The molecule has 24 heavy (non-hydrogen) atoms. The Morgan fingerprint density at radius 1 is 1.29 bits per heavy atom. The van der Waals surface area contributed by atoms with E-state index in [1.807, 2.05) is 24.3 Å². The number of nitrogens with zero attached hydrogens (tertiary/aromatic N) is 2. The number of aromatic nitrogens is 1. The minimum atomic E-state index is -0.106. The third-order valence-electron chi connectivity index (χ3n) is 3.96. The Morgan fingerprint density at radius 3 is 2.88 bits per heavy atom. The fraction of sp³-hybridized carbons (Fsp3) is 0.278. The van der Waals surface area contributed by atoms with Crippen molar-refractivity contribution in [2.45, 2.75) is 25.8 Å². The number of anilines is 1. The lowest BCUT2D eigenvalue weighted by atomic mass is 10.1. The summed E-state index contributed by atoms with van der Waals surface area (Å²) in [6, 6.07) is 9.19. The Labute approximate surface area is 145 Å². The van der Waals surface area contributed by atoms with Crippen LogP contribution in [0, 0.1) is 0 Å². The van der Waals surface area contributed by atoms with Crippen LogP contribution in [0.25, 0.3) is 0 Å². The summed E-state index contributed by atoms with van der Waals surface area (Å²) in [7, 11) is 0. The van der Waals surface area contributed by atoms with Crippen LogP contribution in [0.3, 0.4) is 0 Å². The number of hydrogen-bond donors (Lipinski definition) is 1. The fourth-order valence-corrected chi connectivity index (χ4v) is 2.92. The first-order valence-electron chi connectivity index (χ1n) is 7.88. The summed E-state index contributed by atoms with van der Waals surface area (Å²) in [6.07, 6.45) is 5.06. The average molecular weight is 344 g/mol. The maximum absolute atomic E-state index is 12.1. The summed E-state index contributed by atoms with van der Waals surface area (Å²) in [4.78, 5) is 29.8. The molecule has 1 fully saturated rings. The van der Waals surface area contributed by atoms with Crippen molar-refractivity contribution < 1.29 is 9.59 Å². The van der Waals surface area contributed by atoms with Crippen LogP contribution >= 0.6 is 11.6 Å². The Kier molecular flexibility index (Phi) is 5.11. The molecule has 1 aliphatic rings. The molecule has 1 aromatic heterocycles. The van der Waals surface area contributed by atoms with Crippen molar-refractivity contribution in [3.63, 3.8) is 0 Å². The molecule has 1 aliphatic heterocycles. The smallest absolute Gasteiger partial charge is 0.227 e. The number of benzene rings is 1. The molecular formula is C18H18ClN3O2. The van der Waals surface area contributed by atoms with Crippen LogP contribution in [0.4, 0.5) is 5.69 Å². The van der Waals surface area contributed by atoms with Crippen LogP contribution in [0.5, 0.6) is 0 Å². The number of nitrogens with one attached hydrogen (secondary N) is 1. The molecule has 6 heteroatoms. The van der Waals surface area contributed by atoms with Crippen molar-refractivity contribution in [2.75, 3.05) is 11.4 Å². The van der Waals surface area contributed by atoms with Gasteiger partial charge in [-0.2, -0.15) is 0 Å². The minimum absolute atomic E-state index is 0.106. The van der Waals surface area contributed by atoms with Crippen molar-refractivity contribution in [1.82, 2.24) is 10.3 Å². The maximum Gasteiger partial charge on any atom is 0.227 e. The van der Waals surface area contributed by atoms with Gasteiger partial charge in [0.2, 0.25) is 11.8 Å². The molecule has 0 spiro atoms. The number of hydrogen-bond acceptors (Lipinski definition) is 3. The Morgan fingerprint density at radius 2 is 2.12 bits per heavy atom. The minimum Gasteiger partial charge on any atom is -0.352 e. The molecule has 0 bridgehead atoms. The number of rotatable bonds is 5. The first-order valence-corrected chi connectivity index (χ1v) is 8.25. The van der Waals surface area contributed by atoms with Gasteiger partial charge in [-0.25, -0.2) is 0 Å². The summed E-state index contributed by atoms with van der Waals surface area (Å²) in [5.41, 5.74) is 2.45. The molecule has 124 valence electrons. The van der Waals surface area contributed by atoms with E-state index in [2.05, 4.69) is 10.3 Å². The standard InChI is InChI=1S/C18H18ClN3O2/c19-16-5-2-1-4-14(16)9-17(23)21-11-13-8-15(12-20-10-13)22-7-3-6-18(22)24/h1-2,4-5,8,10,12H,3,6-7,9,11H2,(H,21,23). The van der Waals surface area contributed by atoms with E-state index in [0.717, 1.165) is 29.8 Å². The van der Waals surface area contributed by atoms with Gasteiger partial charge in [-0.3, -0.25) is 14.6 Å². The van der Waals surface area contributed by atoms with Gasteiger partial charge in [0.1, 0.15) is 0 Å². The molecule has 0 unspecified atom stereocenters. The zero-order valence-corrected chi connectivity index (χ0v) is 13.9. The lowest BCUT2D eigenvalue weighted by molar-refractivity contribution is -0.120. The van der Waals surface area contributed by atoms with Gasteiger partial charge in [-0.05, 0) is 29.7 Å². The number of halogens is 1. The van der Waals surface area contributed by atoms with E-state index in [-0.39, 0.29) is 18.2 Å². The zero-order chi connectivity index (χ0) is 16.9. The lowest BCUT2D eigenvalue weighted by Gasteiger charge is -2.16. The molecule has 0 aliphatic carbocycles. The third kappa shape index (κ3) is 3.92. The van der Waals surface area contributed by atoms with Crippen LogP contribution in [0.2, 0.25) is 5.02 Å². The largest absolute Gasteiger partial charge is 0.352 e. The monoisotopic (exact) mass is 343 g/mol. The molecule has 0 saturated carbocycles. The van der Waals surface area contributed by atoms with E-state index >= 15 is 0 Å². The molecule has 2 aromatic rings. The highest BCUT2D eigenvalue weighted by Gasteiger charge is 2.22. The molecule has 2 heterocycles. The summed E-state index contributed by atoms with van der Waals surface area (Å²) in [6.45, 7) is 1.09. The summed E-state index contributed by atoms with van der Waals surface area (Å²) >= 11 is 6.07. The van der Waals surface area contributed by atoms with Gasteiger partial charge in [-0.15, -0.1) is 0 Å². The highest BCUT2D eigenvalue weighted by molar-refractivity contribution is 6.31. The topological polar surface area (TPSA) is 62.3 Å². The molecule has 0 radical (unpaired) electrons. The molecule has 5 nitrogen and oxygen atoms in total. The number of pyridine rings is 1. The zero-order valence-electron chi connectivity index (χ0n) is 13.2. The van der Waals surface area contributed by atoms with E-state index in [1.165, 1.54) is 0 Å². The van der Waals surface area contributed by atoms with Crippen molar-refractivity contribution in [3.8, 4) is 0 Å². The van der Waals surface area contributed by atoms with Crippen molar-refractivity contribution in [1.29, 1.82) is 0 Å². The molecule has 3 rings (SSSR count). The Hall–Kier alpha value is -2.40. The highest BCUT2D eigenvalue weighted by Crippen LogP contribution is 2.21. The van der Waals surface area contributed by atoms with Gasteiger partial charge >= 0.3 is 0 Å². The van der Waals surface area contributed by atoms with Gasteiger partial charge in [0.25, 0.3) is 0 Å². The Balaban J connectivity index is 1.59. The second-order valence-electron chi connectivity index (χ2n) is 5.75. The van der Waals surface area contributed by atoms with Crippen LogP contribution in [0.15, 0.2) is 42.7 Å². The fourth-order valence-electron chi connectivity index (χ4n) is 2.72. The molecule has 1 aromatic carbocycles. The van der Waals surface area contributed by atoms with E-state index in [9.17, 15) is 9.59 Å². The van der Waals surface area contributed by atoms with E-state index < -0.39 is 0 Å². The van der Waals surface area contributed by atoms with Crippen LogP contribution < -0.4 is 10.2 Å². The predicted molar refractivity (Wildman–Crippen MR) is 92.8 cm³/mol. The van der Waals surface area contributed by atoms with Gasteiger partial charge < -0.3 is 10.2 Å². The van der Waals surface area contributed by atoms with Gasteiger partial charge in [0.15, 0.2) is 0 Å². The lowest BCUT2D eigenvalue weighted by Crippen LogP contribution is -2.26. The second-order valence-corrected chi connectivity index (χ2v) is 6.15. The number of carbonyl (C=O) groups excluding carboxylic acids is 2. The van der Waals surface area contributed by atoms with Crippen molar-refractivity contribution in [3.05, 3.63) is 58.9 Å². The average Bonchev–Trinajstić information content (AvgIpc) is 3.01. The first kappa shape index (κ1) is 16.5. The highest BCUT2D eigenvalue weighted by atomic mass is 35.5. The number of amides is 2. The van der Waals surface area contributed by atoms with E-state index in [0.29, 0.717) is 18.0 Å². The second kappa shape index (κ2) is 7.45. The van der Waals surface area contributed by atoms with E-state index in [1.54, 1.807) is 23.4 Å².